The molecule has 1 rings (SSSR count). The van der Waals surface area contributed by atoms with E-state index in [-0.39, 0.29) is 0 Å². The van der Waals surface area contributed by atoms with Gasteiger partial charge in [0.2, 0.25) is 0 Å². The van der Waals surface area contributed by atoms with E-state index in [9.17, 15) is 0 Å². The highest BCUT2D eigenvalue weighted by Gasteiger charge is 1.98. The van der Waals surface area contributed by atoms with Crippen molar-refractivity contribution in [1.82, 2.24) is 0 Å². The smallest absolute Gasteiger partial charge is 0.0346 e. The van der Waals surface area contributed by atoms with Crippen molar-refractivity contribution in [1.29, 1.82) is 0 Å². The third kappa shape index (κ3) is 0.344. The van der Waals surface area contributed by atoms with Crippen LogP contribution in [0.3, 0.4) is 0 Å². The summed E-state index contributed by atoms with van der Waals surface area (Å²) in [6, 6.07) is 0. The molecule has 0 heteroatoms. The summed E-state index contributed by atoms with van der Waals surface area (Å²) in [5, 5.41) is 0. The monoisotopic (exact) mass is 71.1 g/mol. The van der Waals surface area contributed by atoms with E-state index in [1.165, 1.54) is 6.08 Å². The van der Waals surface area contributed by atoms with Gasteiger partial charge in [0.1, 0.15) is 0 Å². The molecule has 5 heavy (non-hydrogen) atoms. The summed E-state index contributed by atoms with van der Waals surface area (Å²) < 4.78 is 21.3. The minimum absolute atomic E-state index is 0.979. The molecule has 0 aromatic rings. The Labute approximate surface area is 36.7 Å². The van der Waals surface area contributed by atoms with Crippen molar-refractivity contribution in [3.05, 3.63) is 12.2 Å². The Morgan fingerprint density at radius 2 is 3.00 bits per heavy atom. The molecule has 0 spiro atoms. The normalized spacial score (nSPS) is 67.0. The molecule has 0 amide bonds. The van der Waals surface area contributed by atoms with Gasteiger partial charge >= 0.3 is 0 Å². The first-order chi connectivity index (χ1) is 3.46. The molecule has 0 saturated heterocycles. The third-order valence-electron chi connectivity index (χ3n) is 0.644. The van der Waals surface area contributed by atoms with E-state index in [1.807, 2.05) is 0 Å². The predicted octanol–water partition coefficient (Wildman–Crippen LogP) is 1.58. The highest BCUT2D eigenvalue weighted by atomic mass is 14.0. The molecule has 0 fully saturated rings. The van der Waals surface area contributed by atoms with Crippen LogP contribution in [0, 0.1) is 5.89 Å². The fourth-order valence-corrected chi connectivity index (χ4v) is 0.250. The molecule has 0 nitrogen and oxygen atoms in total. The van der Waals surface area contributed by atoms with Crippen LogP contribution in [0.1, 0.15) is 17.4 Å². The van der Waals surface area contributed by atoms with Gasteiger partial charge in [0.05, 0.1) is 0 Å². The maximum Gasteiger partial charge on any atom is 0.0346 e. The van der Waals surface area contributed by atoms with E-state index in [0.717, 1.165) is 0 Å². The highest BCUT2D eigenvalue weighted by molar-refractivity contribution is 4.99. The van der Waals surface area contributed by atoms with E-state index in [4.69, 9.17) is 4.11 Å². The molecule has 0 heterocycles. The zero-order valence-corrected chi connectivity index (χ0v) is 3.15. The molecule has 0 bridgehead atoms. The summed E-state index contributed by atoms with van der Waals surface area (Å²) >= 11 is 0. The van der Waals surface area contributed by atoms with E-state index >= 15 is 0 Å². The average Bonchev–Trinajstić information content (AvgIpc) is 1.64. The van der Waals surface area contributed by atoms with Gasteiger partial charge in [-0.25, -0.2) is 0 Å². The maximum atomic E-state index is 7.21. The fraction of sp³-hybridized carbons (Fsp3) is 0.600. The van der Waals surface area contributed by atoms with Crippen molar-refractivity contribution in [3.8, 4) is 0 Å². The number of rotatable bonds is 0. The summed E-state index contributed by atoms with van der Waals surface area (Å²) in [7, 11) is 0. The minimum Gasteiger partial charge on any atom is -0.0877 e. The lowest BCUT2D eigenvalue weighted by atomic mass is 9.98. The van der Waals surface area contributed by atoms with Crippen LogP contribution in [-0.4, -0.2) is 0 Å². The zero-order valence-electron chi connectivity index (χ0n) is 6.15. The molecule has 0 aromatic carbocycles. The molecular formula is C5H8. The van der Waals surface area contributed by atoms with Gasteiger partial charge in [0, 0.05) is 4.11 Å². The molecule has 0 radical (unpaired) electrons. The number of allylic oxidation sites excluding steroid dienone is 2. The first-order valence-electron chi connectivity index (χ1n) is 3.16. The molecule has 1 aliphatic rings. The van der Waals surface area contributed by atoms with Crippen molar-refractivity contribution in [3.63, 3.8) is 0 Å². The SMILES string of the molecule is [2H]C1([2H])C=CC1([2H])C. The third-order valence-corrected chi connectivity index (χ3v) is 0.644. The quantitative estimate of drug-likeness (QED) is 0.380. The minimum atomic E-state index is -1.40. The standard InChI is InChI=1S/C5H8/c1-5-3-2-4-5/h2-3,5H,4H2,1H3/i4D2,5D. The van der Waals surface area contributed by atoms with E-state index in [0.29, 0.717) is 0 Å². The molecule has 0 aromatic heterocycles. The summed E-state index contributed by atoms with van der Waals surface area (Å²) in [5.41, 5.74) is 0. The molecule has 0 N–H and O–H groups in total. The van der Waals surface area contributed by atoms with Crippen LogP contribution in [0.25, 0.3) is 0 Å². The van der Waals surface area contributed by atoms with Crippen molar-refractivity contribution < 1.29 is 4.11 Å². The van der Waals surface area contributed by atoms with Crippen LogP contribution < -0.4 is 0 Å². The summed E-state index contributed by atoms with van der Waals surface area (Å²) in [6.07, 6.45) is 1.58. The zero-order chi connectivity index (χ0) is 6.41. The van der Waals surface area contributed by atoms with Gasteiger partial charge in [-0.2, -0.15) is 0 Å². The Hall–Kier alpha value is -0.260. The second-order valence-corrected chi connectivity index (χ2v) is 1.16. The van der Waals surface area contributed by atoms with Crippen LogP contribution in [0.2, 0.25) is 0 Å². The van der Waals surface area contributed by atoms with Crippen LogP contribution in [0.5, 0.6) is 0 Å². The molecule has 0 aliphatic heterocycles. The molecular weight excluding hydrogens is 60.1 g/mol. The lowest BCUT2D eigenvalue weighted by molar-refractivity contribution is 0.681. The topological polar surface area (TPSA) is 0 Å². The van der Waals surface area contributed by atoms with E-state index < -0.39 is 12.3 Å². The van der Waals surface area contributed by atoms with Crippen LogP contribution in [-0.2, 0) is 0 Å². The second-order valence-electron chi connectivity index (χ2n) is 1.16. The van der Waals surface area contributed by atoms with Gasteiger partial charge in [-0.3, -0.25) is 0 Å². The Morgan fingerprint density at radius 1 is 2.40 bits per heavy atom. The van der Waals surface area contributed by atoms with E-state index in [2.05, 4.69) is 0 Å². The predicted molar refractivity (Wildman–Crippen MR) is 22.9 cm³/mol. The average molecular weight is 71.1 g/mol. The van der Waals surface area contributed by atoms with Crippen LogP contribution in [0.15, 0.2) is 12.2 Å². The Kier molecular flexibility index (Phi) is 0.189. The van der Waals surface area contributed by atoms with Crippen molar-refractivity contribution >= 4 is 0 Å². The first-order valence-corrected chi connectivity index (χ1v) is 1.66. The van der Waals surface area contributed by atoms with Gasteiger partial charge in [-0.05, 0) is 12.3 Å². The Balaban J connectivity index is 2.82. The molecule has 1 unspecified atom stereocenters. The fourth-order valence-electron chi connectivity index (χ4n) is 0.250. The van der Waals surface area contributed by atoms with Gasteiger partial charge in [-0.1, -0.05) is 19.1 Å². The van der Waals surface area contributed by atoms with Gasteiger partial charge < -0.3 is 0 Å². The summed E-state index contributed by atoms with van der Waals surface area (Å²) in [6.45, 7) is 1.56. The number of hydrogen-bond donors (Lipinski definition) is 0. The first kappa shape index (κ1) is 1.11. The summed E-state index contributed by atoms with van der Waals surface area (Å²) in [5.74, 6) is -0.979. The molecule has 28 valence electrons. The Bertz CT molecular complexity index is 119. The molecule has 1 atom stereocenters. The van der Waals surface area contributed by atoms with Crippen molar-refractivity contribution in [2.45, 2.75) is 13.3 Å². The van der Waals surface area contributed by atoms with Crippen molar-refractivity contribution in [2.75, 3.05) is 0 Å². The molecule has 1 aliphatic carbocycles. The summed E-state index contributed by atoms with van der Waals surface area (Å²) in [4.78, 5) is 0. The van der Waals surface area contributed by atoms with Gasteiger partial charge in [0.25, 0.3) is 0 Å². The lowest BCUT2D eigenvalue weighted by Gasteiger charge is -2.08. The van der Waals surface area contributed by atoms with Crippen LogP contribution >= 0.6 is 0 Å². The van der Waals surface area contributed by atoms with Gasteiger partial charge in [-0.15, -0.1) is 0 Å². The van der Waals surface area contributed by atoms with Crippen LogP contribution in [0.4, 0.5) is 0 Å². The maximum absolute atomic E-state index is 7.21. The van der Waals surface area contributed by atoms with Gasteiger partial charge in [0.15, 0.2) is 0 Å². The number of hydrogen-bond acceptors (Lipinski definition) is 0. The highest BCUT2D eigenvalue weighted by Crippen LogP contribution is 2.13. The van der Waals surface area contributed by atoms with Crippen molar-refractivity contribution in [2.24, 2.45) is 5.89 Å². The second kappa shape index (κ2) is 0.852. The van der Waals surface area contributed by atoms with E-state index in [1.54, 1.807) is 13.0 Å². The largest absolute Gasteiger partial charge is 0.0877 e. The molecule has 0 saturated carbocycles. The lowest BCUT2D eigenvalue weighted by Crippen LogP contribution is -1.93. The Morgan fingerprint density at radius 3 is 3.00 bits per heavy atom.